The lowest BCUT2D eigenvalue weighted by molar-refractivity contribution is 0.0998. The molecule has 0 saturated heterocycles. The van der Waals surface area contributed by atoms with Gasteiger partial charge < -0.3 is 15.8 Å². The Morgan fingerprint density at radius 1 is 1.42 bits per heavy atom. The third kappa shape index (κ3) is 2.92. The highest BCUT2D eigenvalue weighted by atomic mass is 35.5. The lowest BCUT2D eigenvalue weighted by atomic mass is 10.2. The number of nitrogens with one attached hydrogen (secondary N) is 1. The molecule has 1 amide bonds. The summed E-state index contributed by atoms with van der Waals surface area (Å²) in [7, 11) is 1.67. The van der Waals surface area contributed by atoms with Gasteiger partial charge in [-0.3, -0.25) is 4.79 Å². The van der Waals surface area contributed by atoms with Crippen molar-refractivity contribution >= 4 is 23.5 Å². The van der Waals surface area contributed by atoms with Crippen LogP contribution in [-0.2, 0) is 0 Å². The lowest BCUT2D eigenvalue weighted by Gasteiger charge is -2.10. The van der Waals surface area contributed by atoms with Crippen molar-refractivity contribution in [3.63, 3.8) is 0 Å². The highest BCUT2D eigenvalue weighted by Gasteiger charge is 2.13. The zero-order valence-corrected chi connectivity index (χ0v) is 10.8. The van der Waals surface area contributed by atoms with E-state index in [2.05, 4.69) is 15.3 Å². The molecule has 0 spiro atoms. The molecule has 0 saturated carbocycles. The molecule has 0 aliphatic carbocycles. The van der Waals surface area contributed by atoms with Crippen LogP contribution in [0.5, 0.6) is 11.6 Å². The molecule has 0 aliphatic heterocycles. The molecule has 0 fully saturated rings. The Balaban J connectivity index is 2.38. The Labute approximate surface area is 114 Å². The number of halogens is 1. The minimum Gasteiger partial charge on any atom is -0.437 e. The minimum absolute atomic E-state index is 0.148. The van der Waals surface area contributed by atoms with E-state index in [-0.39, 0.29) is 22.2 Å². The smallest absolute Gasteiger partial charge is 0.252 e. The first-order valence-electron chi connectivity index (χ1n) is 5.39. The third-order valence-electron chi connectivity index (χ3n) is 2.29. The Morgan fingerprint density at radius 3 is 2.84 bits per heavy atom. The number of anilines is 1. The van der Waals surface area contributed by atoms with Crippen molar-refractivity contribution in [1.82, 2.24) is 9.97 Å². The molecule has 1 aromatic heterocycles. The first-order valence-corrected chi connectivity index (χ1v) is 5.76. The summed E-state index contributed by atoms with van der Waals surface area (Å²) in [5, 5.41) is 3.00. The number of para-hydroxylation sites is 1. The molecular formula is C12H11ClN4O2. The average molecular weight is 279 g/mol. The molecule has 1 heterocycles. The molecule has 98 valence electrons. The van der Waals surface area contributed by atoms with E-state index in [0.717, 1.165) is 0 Å². The molecule has 0 aliphatic rings. The second-order valence-electron chi connectivity index (χ2n) is 3.56. The molecule has 7 heteroatoms. The van der Waals surface area contributed by atoms with Crippen LogP contribution in [-0.4, -0.2) is 22.9 Å². The molecule has 3 N–H and O–H groups in total. The van der Waals surface area contributed by atoms with Gasteiger partial charge in [0.25, 0.3) is 5.91 Å². The van der Waals surface area contributed by atoms with E-state index in [4.69, 9.17) is 22.1 Å². The van der Waals surface area contributed by atoms with E-state index in [1.807, 2.05) is 0 Å². The van der Waals surface area contributed by atoms with Crippen LogP contribution in [0, 0.1) is 0 Å². The van der Waals surface area contributed by atoms with E-state index in [0.29, 0.717) is 5.95 Å². The van der Waals surface area contributed by atoms with Crippen LogP contribution >= 0.6 is 11.6 Å². The number of carbonyl (C=O) groups is 1. The number of rotatable bonds is 4. The van der Waals surface area contributed by atoms with Crippen molar-refractivity contribution in [3.05, 3.63) is 41.0 Å². The van der Waals surface area contributed by atoms with Crippen LogP contribution in [0.1, 0.15) is 10.4 Å². The van der Waals surface area contributed by atoms with Crippen molar-refractivity contribution in [2.75, 3.05) is 12.4 Å². The topological polar surface area (TPSA) is 90.1 Å². The Bertz CT molecular complexity index is 618. The molecule has 2 aromatic rings. The quantitative estimate of drug-likeness (QED) is 0.893. The van der Waals surface area contributed by atoms with Crippen molar-refractivity contribution in [2.24, 2.45) is 5.73 Å². The highest BCUT2D eigenvalue weighted by Crippen LogP contribution is 2.29. The second kappa shape index (κ2) is 5.53. The van der Waals surface area contributed by atoms with Gasteiger partial charge in [-0.15, -0.1) is 0 Å². The van der Waals surface area contributed by atoms with Crippen LogP contribution in [0.25, 0.3) is 0 Å². The van der Waals surface area contributed by atoms with Crippen molar-refractivity contribution in [1.29, 1.82) is 0 Å². The number of amides is 1. The first kappa shape index (κ1) is 13.1. The number of carbonyl (C=O) groups excluding carboxylic acids is 1. The first-order chi connectivity index (χ1) is 9.11. The normalized spacial score (nSPS) is 10.0. The maximum Gasteiger partial charge on any atom is 0.252 e. The fourth-order valence-electron chi connectivity index (χ4n) is 1.41. The highest BCUT2D eigenvalue weighted by molar-refractivity contribution is 6.31. The summed E-state index contributed by atoms with van der Waals surface area (Å²) in [5.74, 6) is 0.206. The van der Waals surface area contributed by atoms with E-state index in [9.17, 15) is 4.79 Å². The summed E-state index contributed by atoms with van der Waals surface area (Å²) in [6.07, 6.45) is 1.41. The lowest BCUT2D eigenvalue weighted by Crippen LogP contribution is -2.12. The van der Waals surface area contributed by atoms with Crippen molar-refractivity contribution < 1.29 is 9.53 Å². The largest absolute Gasteiger partial charge is 0.437 e. The Hall–Kier alpha value is -2.34. The zero-order chi connectivity index (χ0) is 13.8. The number of aromatic nitrogens is 2. The number of ether oxygens (including phenoxy) is 1. The summed E-state index contributed by atoms with van der Waals surface area (Å²) in [5.41, 5.74) is 5.52. The maximum absolute atomic E-state index is 11.3. The SMILES string of the molecule is CNc1ncc(Cl)c(Oc2ccccc2C(N)=O)n1. The number of hydrogen-bond acceptors (Lipinski definition) is 5. The van der Waals surface area contributed by atoms with Gasteiger partial charge in [0.1, 0.15) is 10.8 Å². The van der Waals surface area contributed by atoms with E-state index in [1.54, 1.807) is 31.3 Å². The van der Waals surface area contributed by atoms with Crippen molar-refractivity contribution in [2.45, 2.75) is 0 Å². The summed E-state index contributed by atoms with van der Waals surface area (Å²) >= 11 is 5.94. The number of nitrogens with zero attached hydrogens (tertiary/aromatic N) is 2. The number of hydrogen-bond donors (Lipinski definition) is 2. The van der Waals surface area contributed by atoms with Crippen molar-refractivity contribution in [3.8, 4) is 11.6 Å². The summed E-state index contributed by atoms with van der Waals surface area (Å²) in [6, 6.07) is 6.58. The predicted molar refractivity (Wildman–Crippen MR) is 71.6 cm³/mol. The van der Waals surface area contributed by atoms with Crippen LogP contribution in [0.4, 0.5) is 5.95 Å². The predicted octanol–water partition coefficient (Wildman–Crippen LogP) is 2.06. The fraction of sp³-hybridized carbons (Fsp3) is 0.0833. The monoisotopic (exact) mass is 278 g/mol. The standard InChI is InChI=1S/C12H11ClN4O2/c1-15-12-16-6-8(13)11(17-12)19-9-5-3-2-4-7(9)10(14)18/h2-6H,1H3,(H2,14,18)(H,15,16,17). The van der Waals surface area contributed by atoms with Crippen LogP contribution in [0.3, 0.4) is 0 Å². The van der Waals surface area contributed by atoms with Gasteiger partial charge in [0.2, 0.25) is 11.8 Å². The summed E-state index contributed by atoms with van der Waals surface area (Å²) in [4.78, 5) is 19.3. The van der Waals surface area contributed by atoms with Gasteiger partial charge in [0.05, 0.1) is 11.8 Å². The Kier molecular flexibility index (Phi) is 3.82. The second-order valence-corrected chi connectivity index (χ2v) is 3.97. The molecule has 1 aromatic carbocycles. The molecule has 2 rings (SSSR count). The third-order valence-corrected chi connectivity index (χ3v) is 2.55. The molecule has 0 atom stereocenters. The van der Waals surface area contributed by atoms with Gasteiger partial charge in [-0.1, -0.05) is 23.7 Å². The summed E-state index contributed by atoms with van der Waals surface area (Å²) in [6.45, 7) is 0. The van der Waals surface area contributed by atoms with E-state index >= 15 is 0 Å². The maximum atomic E-state index is 11.3. The molecule has 0 bridgehead atoms. The van der Waals surface area contributed by atoms with Crippen LogP contribution < -0.4 is 15.8 Å². The summed E-state index contributed by atoms with van der Waals surface area (Å²) < 4.78 is 5.52. The molecule has 0 radical (unpaired) electrons. The molecule has 19 heavy (non-hydrogen) atoms. The van der Waals surface area contributed by atoms with Crippen LogP contribution in [0.15, 0.2) is 30.5 Å². The van der Waals surface area contributed by atoms with Gasteiger partial charge in [0, 0.05) is 7.05 Å². The van der Waals surface area contributed by atoms with Gasteiger partial charge in [0.15, 0.2) is 0 Å². The van der Waals surface area contributed by atoms with E-state index < -0.39 is 5.91 Å². The number of nitrogens with two attached hydrogens (primary N) is 1. The van der Waals surface area contributed by atoms with Gasteiger partial charge in [-0.2, -0.15) is 4.98 Å². The van der Waals surface area contributed by atoms with Crippen LogP contribution in [0.2, 0.25) is 5.02 Å². The fourth-order valence-corrected chi connectivity index (χ4v) is 1.54. The molecule has 0 unspecified atom stereocenters. The molecule has 6 nitrogen and oxygen atoms in total. The zero-order valence-electron chi connectivity index (χ0n) is 10.1. The molecular weight excluding hydrogens is 268 g/mol. The number of primary amides is 1. The van der Waals surface area contributed by atoms with Gasteiger partial charge in [-0.25, -0.2) is 4.98 Å². The average Bonchev–Trinajstić information content (AvgIpc) is 2.41. The van der Waals surface area contributed by atoms with Gasteiger partial charge in [-0.05, 0) is 12.1 Å². The Morgan fingerprint density at radius 2 is 2.16 bits per heavy atom. The number of benzene rings is 1. The van der Waals surface area contributed by atoms with Gasteiger partial charge >= 0.3 is 0 Å². The minimum atomic E-state index is -0.588. The van der Waals surface area contributed by atoms with E-state index in [1.165, 1.54) is 6.20 Å².